The number of hydrogen-bond acceptors (Lipinski definition) is 2. The first-order chi connectivity index (χ1) is 6.63. The van der Waals surface area contributed by atoms with Gasteiger partial charge in [0, 0.05) is 17.2 Å². The molecule has 0 N–H and O–H groups in total. The Hall–Kier alpha value is -0.150. The van der Waals surface area contributed by atoms with Gasteiger partial charge < -0.3 is 0 Å². The van der Waals surface area contributed by atoms with E-state index in [4.69, 9.17) is 0 Å². The van der Waals surface area contributed by atoms with E-state index in [0.29, 0.717) is 12.2 Å². The smallest absolute Gasteiger partial charge is 0.140 e. The number of hydrogen-bond donors (Lipinski definition) is 0. The van der Waals surface area contributed by atoms with Crippen LogP contribution in [-0.4, -0.2) is 5.78 Å². The molecule has 0 bridgehead atoms. The molecule has 1 nitrogen and oxygen atoms in total. The van der Waals surface area contributed by atoms with Crippen LogP contribution in [0.1, 0.15) is 31.6 Å². The van der Waals surface area contributed by atoms with Crippen LogP contribution in [0.15, 0.2) is 15.9 Å². The van der Waals surface area contributed by atoms with Gasteiger partial charge in [-0.05, 0) is 34.5 Å². The molecule has 14 heavy (non-hydrogen) atoms. The molecule has 1 rings (SSSR count). The second-order valence-electron chi connectivity index (χ2n) is 3.54. The second kappa shape index (κ2) is 5.66. The summed E-state index contributed by atoms with van der Waals surface area (Å²) in [7, 11) is 0. The van der Waals surface area contributed by atoms with Gasteiger partial charge in [-0.2, -0.15) is 0 Å². The number of ketones is 1. The molecule has 1 aromatic rings. The highest BCUT2D eigenvalue weighted by molar-refractivity contribution is 9.11. The number of rotatable bonds is 5. The Morgan fingerprint density at radius 2 is 2.29 bits per heavy atom. The summed E-state index contributed by atoms with van der Waals surface area (Å²) >= 11 is 5.04. The fourth-order valence-corrected chi connectivity index (χ4v) is 2.88. The van der Waals surface area contributed by atoms with Crippen LogP contribution < -0.4 is 0 Å². The number of thiophene rings is 1. The van der Waals surface area contributed by atoms with Crippen LogP contribution in [0.2, 0.25) is 0 Å². The number of halogens is 1. The van der Waals surface area contributed by atoms with E-state index in [1.54, 1.807) is 11.3 Å². The molecule has 0 saturated carbocycles. The van der Waals surface area contributed by atoms with E-state index in [1.807, 2.05) is 19.1 Å². The fraction of sp³-hybridized carbons (Fsp3) is 0.545. The largest absolute Gasteiger partial charge is 0.299 e. The van der Waals surface area contributed by atoms with Gasteiger partial charge in [0.25, 0.3) is 0 Å². The van der Waals surface area contributed by atoms with Crippen molar-refractivity contribution in [3.8, 4) is 0 Å². The predicted molar refractivity (Wildman–Crippen MR) is 64.8 cm³/mol. The molecule has 1 unspecified atom stereocenters. The molecule has 1 aromatic heterocycles. The number of carbonyl (C=O) groups excluding carboxylic acids is 1. The molecule has 0 fully saturated rings. The van der Waals surface area contributed by atoms with Gasteiger partial charge in [-0.3, -0.25) is 4.79 Å². The minimum atomic E-state index is 0.209. The number of Topliss-reactive ketones (excluding diaryl/α,β-unsaturated/α-hetero) is 1. The molecule has 1 atom stereocenters. The van der Waals surface area contributed by atoms with Gasteiger partial charge in [-0.15, -0.1) is 11.3 Å². The minimum absolute atomic E-state index is 0.209. The normalized spacial score (nSPS) is 12.8. The highest BCUT2D eigenvalue weighted by atomic mass is 79.9. The highest BCUT2D eigenvalue weighted by Gasteiger charge is 2.13. The van der Waals surface area contributed by atoms with Gasteiger partial charge in [0.15, 0.2) is 0 Å². The molecule has 0 saturated heterocycles. The van der Waals surface area contributed by atoms with E-state index in [0.717, 1.165) is 21.5 Å². The van der Waals surface area contributed by atoms with Gasteiger partial charge in [0.05, 0.1) is 3.79 Å². The topological polar surface area (TPSA) is 17.1 Å². The third-order valence-corrected chi connectivity index (χ3v) is 3.87. The zero-order valence-corrected chi connectivity index (χ0v) is 11.0. The van der Waals surface area contributed by atoms with Crippen molar-refractivity contribution in [1.29, 1.82) is 0 Å². The van der Waals surface area contributed by atoms with Crippen molar-refractivity contribution in [3.63, 3.8) is 0 Å². The zero-order chi connectivity index (χ0) is 10.6. The Morgan fingerprint density at radius 1 is 1.57 bits per heavy atom. The summed E-state index contributed by atoms with van der Waals surface area (Å²) in [4.78, 5) is 12.9. The van der Waals surface area contributed by atoms with Crippen molar-refractivity contribution in [3.05, 3.63) is 20.8 Å². The van der Waals surface area contributed by atoms with E-state index in [1.165, 1.54) is 0 Å². The van der Waals surface area contributed by atoms with Crippen LogP contribution in [0.3, 0.4) is 0 Å². The predicted octanol–water partition coefficient (Wildman–Crippen LogP) is 4.06. The van der Waals surface area contributed by atoms with Gasteiger partial charge in [0.1, 0.15) is 5.78 Å². The third kappa shape index (κ3) is 3.54. The van der Waals surface area contributed by atoms with Gasteiger partial charge in [0.2, 0.25) is 0 Å². The first-order valence-electron chi connectivity index (χ1n) is 4.90. The van der Waals surface area contributed by atoms with Crippen molar-refractivity contribution in [2.45, 2.75) is 33.1 Å². The Morgan fingerprint density at radius 3 is 2.79 bits per heavy atom. The maximum Gasteiger partial charge on any atom is 0.140 e. The Balaban J connectivity index is 2.48. The molecular weight excluding hydrogens is 260 g/mol. The van der Waals surface area contributed by atoms with Crippen LogP contribution in [0.4, 0.5) is 0 Å². The van der Waals surface area contributed by atoms with Crippen LogP contribution in [0.5, 0.6) is 0 Å². The van der Waals surface area contributed by atoms with Crippen LogP contribution >= 0.6 is 27.3 Å². The first kappa shape index (κ1) is 11.9. The van der Waals surface area contributed by atoms with E-state index in [9.17, 15) is 4.79 Å². The summed E-state index contributed by atoms with van der Waals surface area (Å²) in [6, 6.07) is 4.02. The SMILES string of the molecule is CCCC(C)C(=O)Cc1ccc(Br)s1. The van der Waals surface area contributed by atoms with Gasteiger partial charge in [-0.25, -0.2) is 0 Å². The lowest BCUT2D eigenvalue weighted by atomic mass is 9.98. The van der Waals surface area contributed by atoms with Gasteiger partial charge in [-0.1, -0.05) is 20.3 Å². The molecule has 0 amide bonds. The fourth-order valence-electron chi connectivity index (χ4n) is 1.39. The molecule has 1 heterocycles. The molecule has 0 spiro atoms. The quantitative estimate of drug-likeness (QED) is 0.792. The van der Waals surface area contributed by atoms with E-state index in [-0.39, 0.29) is 5.92 Å². The Labute approximate surface area is 97.7 Å². The van der Waals surface area contributed by atoms with Crippen LogP contribution in [0, 0.1) is 5.92 Å². The summed E-state index contributed by atoms with van der Waals surface area (Å²) in [5.41, 5.74) is 0. The summed E-state index contributed by atoms with van der Waals surface area (Å²) in [6.45, 7) is 4.14. The summed E-state index contributed by atoms with van der Waals surface area (Å²) in [5.74, 6) is 0.571. The highest BCUT2D eigenvalue weighted by Crippen LogP contribution is 2.23. The summed E-state index contributed by atoms with van der Waals surface area (Å²) < 4.78 is 1.10. The lowest BCUT2D eigenvalue weighted by molar-refractivity contribution is -0.121. The lowest BCUT2D eigenvalue weighted by Crippen LogP contribution is -2.12. The molecular formula is C11H15BrOS. The molecule has 0 aromatic carbocycles. The maximum absolute atomic E-state index is 11.7. The molecule has 0 aliphatic rings. The van der Waals surface area contributed by atoms with Crippen molar-refractivity contribution in [2.24, 2.45) is 5.92 Å². The molecule has 0 aliphatic heterocycles. The monoisotopic (exact) mass is 274 g/mol. The first-order valence-corrected chi connectivity index (χ1v) is 6.51. The lowest BCUT2D eigenvalue weighted by Gasteiger charge is -2.07. The van der Waals surface area contributed by atoms with Gasteiger partial charge >= 0.3 is 0 Å². The van der Waals surface area contributed by atoms with Crippen LogP contribution in [0.25, 0.3) is 0 Å². The van der Waals surface area contributed by atoms with E-state index >= 15 is 0 Å². The maximum atomic E-state index is 11.7. The van der Waals surface area contributed by atoms with Crippen molar-refractivity contribution in [1.82, 2.24) is 0 Å². The summed E-state index contributed by atoms with van der Waals surface area (Å²) in [6.07, 6.45) is 2.68. The number of carbonyl (C=O) groups is 1. The molecule has 0 aliphatic carbocycles. The van der Waals surface area contributed by atoms with E-state index < -0.39 is 0 Å². The Bertz CT molecular complexity index is 306. The average molecular weight is 275 g/mol. The molecule has 3 heteroatoms. The standard InChI is InChI=1S/C11H15BrOS/c1-3-4-8(2)10(13)7-9-5-6-11(12)14-9/h5-6,8H,3-4,7H2,1-2H3. The minimum Gasteiger partial charge on any atom is -0.299 e. The van der Waals surface area contributed by atoms with Crippen molar-refractivity contribution < 1.29 is 4.79 Å². The second-order valence-corrected chi connectivity index (χ2v) is 6.09. The average Bonchev–Trinajstić information content (AvgIpc) is 2.51. The van der Waals surface area contributed by atoms with Crippen molar-refractivity contribution >= 4 is 33.0 Å². The summed E-state index contributed by atoms with van der Waals surface area (Å²) in [5, 5.41) is 0. The Kier molecular flexibility index (Phi) is 4.82. The van der Waals surface area contributed by atoms with E-state index in [2.05, 4.69) is 22.9 Å². The zero-order valence-electron chi connectivity index (χ0n) is 8.55. The van der Waals surface area contributed by atoms with Crippen molar-refractivity contribution in [2.75, 3.05) is 0 Å². The molecule has 78 valence electrons. The molecule has 0 radical (unpaired) electrons. The van der Waals surface area contributed by atoms with Crippen LogP contribution in [-0.2, 0) is 11.2 Å². The third-order valence-electron chi connectivity index (χ3n) is 2.25.